The first-order valence-electron chi connectivity index (χ1n) is 7.91. The smallest absolute Gasteiger partial charge is 0.269 e. The van der Waals surface area contributed by atoms with E-state index in [4.69, 9.17) is 4.74 Å². The minimum atomic E-state index is -3.74. The van der Waals surface area contributed by atoms with Gasteiger partial charge in [0.05, 0.1) is 25.3 Å². The van der Waals surface area contributed by atoms with Crippen LogP contribution in [0.1, 0.15) is 24.2 Å². The molecule has 2 aliphatic heterocycles. The summed E-state index contributed by atoms with van der Waals surface area (Å²) in [6.07, 6.45) is 0. The van der Waals surface area contributed by atoms with Gasteiger partial charge in [0.25, 0.3) is 15.9 Å². The number of hydrogen-bond donors (Lipinski definition) is 0. The lowest BCUT2D eigenvalue weighted by molar-refractivity contribution is 0.00278. The van der Waals surface area contributed by atoms with E-state index in [0.29, 0.717) is 13.2 Å². The number of fused-ring (bicyclic) bond motifs is 1. The zero-order chi connectivity index (χ0) is 16.6. The number of amides is 1. The van der Waals surface area contributed by atoms with Gasteiger partial charge in [-0.2, -0.15) is 0 Å². The monoisotopic (exact) mass is 338 g/mol. The van der Waals surface area contributed by atoms with Crippen LogP contribution in [0.4, 0.5) is 0 Å². The first-order chi connectivity index (χ1) is 10.9. The maximum absolute atomic E-state index is 12.7. The van der Waals surface area contributed by atoms with Crippen LogP contribution in [-0.2, 0) is 14.8 Å². The normalized spacial score (nSPS) is 22.4. The third-order valence-electron chi connectivity index (χ3n) is 4.55. The summed E-state index contributed by atoms with van der Waals surface area (Å²) in [5.74, 6) is -0.181. The summed E-state index contributed by atoms with van der Waals surface area (Å²) >= 11 is 0. The quantitative estimate of drug-likeness (QED) is 0.825. The van der Waals surface area contributed by atoms with Gasteiger partial charge in [-0.3, -0.25) is 9.69 Å². The molecule has 1 aromatic carbocycles. The van der Waals surface area contributed by atoms with Crippen LogP contribution in [0, 0.1) is 5.92 Å². The van der Waals surface area contributed by atoms with Crippen LogP contribution >= 0.6 is 0 Å². The highest BCUT2D eigenvalue weighted by Gasteiger charge is 2.43. The number of hydrogen-bond acceptors (Lipinski definition) is 5. The van der Waals surface area contributed by atoms with E-state index in [9.17, 15) is 13.2 Å². The number of carbonyl (C=O) groups excluding carboxylic acids is 1. The van der Waals surface area contributed by atoms with Crippen molar-refractivity contribution in [3.05, 3.63) is 29.8 Å². The Bertz CT molecular complexity index is 696. The summed E-state index contributed by atoms with van der Waals surface area (Å²) in [4.78, 5) is 14.9. The van der Waals surface area contributed by atoms with Gasteiger partial charge >= 0.3 is 0 Å². The highest BCUT2D eigenvalue weighted by molar-refractivity contribution is 7.90. The van der Waals surface area contributed by atoms with Crippen molar-refractivity contribution in [2.75, 3.05) is 32.8 Å². The average Bonchev–Trinajstić information content (AvgIpc) is 2.73. The largest absolute Gasteiger partial charge is 0.379 e. The molecule has 2 aliphatic rings. The van der Waals surface area contributed by atoms with Crippen molar-refractivity contribution in [1.29, 1.82) is 0 Å². The van der Waals surface area contributed by atoms with Gasteiger partial charge in [-0.1, -0.05) is 26.0 Å². The predicted octanol–water partition coefficient (Wildman–Crippen LogP) is 1.19. The van der Waals surface area contributed by atoms with Crippen LogP contribution in [0.3, 0.4) is 0 Å². The molecule has 3 rings (SSSR count). The number of nitrogens with zero attached hydrogens (tertiary/aromatic N) is 2. The predicted molar refractivity (Wildman–Crippen MR) is 85.7 cm³/mol. The maximum atomic E-state index is 12.7. The van der Waals surface area contributed by atoms with Crippen LogP contribution in [0.15, 0.2) is 29.2 Å². The Labute approximate surface area is 137 Å². The van der Waals surface area contributed by atoms with E-state index in [-0.39, 0.29) is 29.0 Å². The lowest BCUT2D eigenvalue weighted by Crippen LogP contribution is -2.52. The van der Waals surface area contributed by atoms with E-state index < -0.39 is 15.9 Å². The standard InChI is InChI=1S/C16H22N2O4S/c1-12(2)14(17-7-9-22-10-8-17)11-18-16(19)13-5-3-4-6-15(13)23(18,20)21/h3-6,12,14H,7-11H2,1-2H3. The van der Waals surface area contributed by atoms with Crippen LogP contribution in [0.25, 0.3) is 0 Å². The van der Waals surface area contributed by atoms with E-state index in [1.165, 1.54) is 6.07 Å². The summed E-state index contributed by atoms with van der Waals surface area (Å²) in [6, 6.07) is 6.41. The van der Waals surface area contributed by atoms with E-state index in [1.807, 2.05) is 0 Å². The molecular weight excluding hydrogens is 316 g/mol. The molecular formula is C16H22N2O4S. The second kappa shape index (κ2) is 6.22. The lowest BCUT2D eigenvalue weighted by Gasteiger charge is -2.38. The second-order valence-electron chi connectivity index (χ2n) is 6.30. The molecule has 1 aromatic rings. The van der Waals surface area contributed by atoms with Crippen molar-refractivity contribution in [2.45, 2.75) is 24.8 Å². The van der Waals surface area contributed by atoms with Crippen molar-refractivity contribution >= 4 is 15.9 Å². The highest BCUT2D eigenvalue weighted by Crippen LogP contribution is 2.31. The lowest BCUT2D eigenvalue weighted by atomic mass is 10.0. The molecule has 0 bridgehead atoms. The molecule has 7 heteroatoms. The summed E-state index contributed by atoms with van der Waals surface area (Å²) in [7, 11) is -3.74. The second-order valence-corrected chi connectivity index (χ2v) is 8.13. The number of rotatable bonds is 4. The number of sulfonamides is 1. The molecule has 0 radical (unpaired) electrons. The topological polar surface area (TPSA) is 66.9 Å². The molecule has 0 aromatic heterocycles. The molecule has 0 aliphatic carbocycles. The van der Waals surface area contributed by atoms with Crippen molar-refractivity contribution < 1.29 is 17.9 Å². The minimum Gasteiger partial charge on any atom is -0.379 e. The molecule has 6 nitrogen and oxygen atoms in total. The third kappa shape index (κ3) is 2.88. The van der Waals surface area contributed by atoms with Crippen LogP contribution < -0.4 is 0 Å². The van der Waals surface area contributed by atoms with Crippen LogP contribution in [0.2, 0.25) is 0 Å². The fourth-order valence-corrected chi connectivity index (χ4v) is 4.83. The molecule has 0 saturated carbocycles. The van der Waals surface area contributed by atoms with Gasteiger partial charge in [-0.15, -0.1) is 0 Å². The highest BCUT2D eigenvalue weighted by atomic mass is 32.2. The SMILES string of the molecule is CC(C)C(CN1C(=O)c2ccccc2S1(=O)=O)N1CCOCC1. The maximum Gasteiger partial charge on any atom is 0.269 e. The van der Waals surface area contributed by atoms with Crippen molar-refractivity contribution in [3.8, 4) is 0 Å². The molecule has 0 spiro atoms. The zero-order valence-electron chi connectivity index (χ0n) is 13.4. The Morgan fingerprint density at radius 3 is 2.43 bits per heavy atom. The van der Waals surface area contributed by atoms with Gasteiger partial charge in [0, 0.05) is 19.1 Å². The fourth-order valence-electron chi connectivity index (χ4n) is 3.24. The molecule has 23 heavy (non-hydrogen) atoms. The summed E-state index contributed by atoms with van der Waals surface area (Å²) < 4.78 is 31.8. The Balaban J connectivity index is 1.88. The third-order valence-corrected chi connectivity index (χ3v) is 6.36. The van der Waals surface area contributed by atoms with Gasteiger partial charge in [0.15, 0.2) is 0 Å². The molecule has 126 valence electrons. The van der Waals surface area contributed by atoms with Gasteiger partial charge in [0.2, 0.25) is 0 Å². The molecule has 1 unspecified atom stereocenters. The van der Waals surface area contributed by atoms with E-state index in [0.717, 1.165) is 17.4 Å². The molecule has 1 saturated heterocycles. The average molecular weight is 338 g/mol. The van der Waals surface area contributed by atoms with Gasteiger partial charge in [-0.05, 0) is 18.1 Å². The van der Waals surface area contributed by atoms with Crippen LogP contribution in [-0.4, -0.2) is 62.4 Å². The molecule has 0 N–H and O–H groups in total. The molecule has 1 fully saturated rings. The molecule has 1 atom stereocenters. The Kier molecular flexibility index (Phi) is 4.44. The van der Waals surface area contributed by atoms with Crippen molar-refractivity contribution in [1.82, 2.24) is 9.21 Å². The first kappa shape index (κ1) is 16.4. The van der Waals surface area contributed by atoms with Crippen molar-refractivity contribution in [2.24, 2.45) is 5.92 Å². The van der Waals surface area contributed by atoms with E-state index in [1.54, 1.807) is 18.2 Å². The van der Waals surface area contributed by atoms with Crippen molar-refractivity contribution in [3.63, 3.8) is 0 Å². The number of benzene rings is 1. The van der Waals surface area contributed by atoms with E-state index >= 15 is 0 Å². The first-order valence-corrected chi connectivity index (χ1v) is 9.35. The number of ether oxygens (including phenoxy) is 1. The molecule has 2 heterocycles. The Morgan fingerprint density at radius 2 is 1.83 bits per heavy atom. The Hall–Kier alpha value is -1.44. The summed E-state index contributed by atoms with van der Waals surface area (Å²) in [5, 5.41) is 0. The van der Waals surface area contributed by atoms with Gasteiger partial charge in [0.1, 0.15) is 4.90 Å². The van der Waals surface area contributed by atoms with E-state index in [2.05, 4.69) is 18.7 Å². The summed E-state index contributed by atoms with van der Waals surface area (Å²) in [6.45, 7) is 7.11. The molecule has 1 amide bonds. The van der Waals surface area contributed by atoms with Crippen LogP contribution in [0.5, 0.6) is 0 Å². The number of morpholine rings is 1. The minimum absolute atomic E-state index is 0.00747. The van der Waals surface area contributed by atoms with Gasteiger partial charge < -0.3 is 4.74 Å². The summed E-state index contributed by atoms with van der Waals surface area (Å²) in [5.41, 5.74) is 0.275. The fraction of sp³-hybridized carbons (Fsp3) is 0.562. The number of carbonyl (C=O) groups is 1. The van der Waals surface area contributed by atoms with Gasteiger partial charge in [-0.25, -0.2) is 12.7 Å². The Morgan fingerprint density at radius 1 is 1.17 bits per heavy atom. The zero-order valence-corrected chi connectivity index (χ0v) is 14.3.